The van der Waals surface area contributed by atoms with E-state index in [0.717, 1.165) is 45.6 Å². The molecule has 0 saturated carbocycles. The molecule has 2 aliphatic heterocycles. The Morgan fingerprint density at radius 2 is 1.91 bits per heavy atom. The maximum atomic E-state index is 12.6. The molecule has 10 nitrogen and oxygen atoms in total. The Bertz CT molecular complexity index is 840. The summed E-state index contributed by atoms with van der Waals surface area (Å²) >= 11 is 0. The number of aromatic nitrogens is 2. The number of carboxylic acid groups (broad SMARTS) is 2. The number of benzene rings is 1. The van der Waals surface area contributed by atoms with Gasteiger partial charge in [-0.25, -0.2) is 9.78 Å². The Kier molecular flexibility index (Phi) is 11.3. The standard InChI is InChI=1S/C21H29N5O.2CH2O2/c27-21(26-12-3-5-18(16-26)15-24-13-9-22-17-24)23-10-14-25-11-4-7-19-6-1-2-8-20(19)25;2*2-1-3/h1-2,6,8-9,13,17-18H,3-5,7,10-12,14-16H2,(H,23,27);2*1H,(H,2,3). The van der Waals surface area contributed by atoms with E-state index < -0.39 is 0 Å². The topological polar surface area (TPSA) is 128 Å². The number of likely N-dealkylation sites (tertiary alicyclic amines) is 1. The number of hydrogen-bond acceptors (Lipinski definition) is 5. The van der Waals surface area contributed by atoms with Crippen molar-refractivity contribution in [2.45, 2.75) is 32.2 Å². The van der Waals surface area contributed by atoms with Crippen molar-refractivity contribution in [2.24, 2.45) is 5.92 Å². The van der Waals surface area contributed by atoms with Crippen LogP contribution >= 0.6 is 0 Å². The average molecular weight is 460 g/mol. The number of urea groups is 1. The van der Waals surface area contributed by atoms with Gasteiger partial charge in [0, 0.05) is 57.3 Å². The molecule has 0 aliphatic carbocycles. The molecule has 0 radical (unpaired) electrons. The number of piperidine rings is 1. The summed E-state index contributed by atoms with van der Waals surface area (Å²) in [6, 6.07) is 8.70. The average Bonchev–Trinajstić information content (AvgIpc) is 3.33. The van der Waals surface area contributed by atoms with Gasteiger partial charge in [0.2, 0.25) is 0 Å². The van der Waals surface area contributed by atoms with E-state index in [-0.39, 0.29) is 19.0 Å². The van der Waals surface area contributed by atoms with Gasteiger partial charge in [0.15, 0.2) is 0 Å². The monoisotopic (exact) mass is 459 g/mol. The molecule has 10 heteroatoms. The number of imidazole rings is 1. The molecule has 1 fully saturated rings. The summed E-state index contributed by atoms with van der Waals surface area (Å²) < 4.78 is 2.11. The van der Waals surface area contributed by atoms with Crippen LogP contribution in [0.15, 0.2) is 43.0 Å². The molecule has 2 amide bonds. The fraction of sp³-hybridized carbons (Fsp3) is 0.478. The molecular formula is C23H33N5O5. The lowest BCUT2D eigenvalue weighted by atomic mass is 9.98. The molecule has 33 heavy (non-hydrogen) atoms. The number of nitrogens with one attached hydrogen (secondary N) is 1. The van der Waals surface area contributed by atoms with E-state index in [4.69, 9.17) is 19.8 Å². The van der Waals surface area contributed by atoms with E-state index in [2.05, 4.69) is 44.0 Å². The molecule has 2 aliphatic rings. The minimum Gasteiger partial charge on any atom is -0.483 e. The Morgan fingerprint density at radius 1 is 1.15 bits per heavy atom. The smallest absolute Gasteiger partial charge is 0.317 e. The highest BCUT2D eigenvalue weighted by atomic mass is 16.3. The minimum absolute atomic E-state index is 0.0793. The highest BCUT2D eigenvalue weighted by Crippen LogP contribution is 2.26. The summed E-state index contributed by atoms with van der Waals surface area (Å²) in [6.45, 7) is 4.76. The molecule has 1 saturated heterocycles. The lowest BCUT2D eigenvalue weighted by Gasteiger charge is -2.34. The summed E-state index contributed by atoms with van der Waals surface area (Å²) in [4.78, 5) is 37.8. The molecule has 1 aromatic carbocycles. The number of amides is 2. The molecule has 1 aromatic heterocycles. The quantitative estimate of drug-likeness (QED) is 0.585. The molecule has 1 unspecified atom stereocenters. The van der Waals surface area contributed by atoms with Gasteiger partial charge in [0.05, 0.1) is 6.33 Å². The number of para-hydroxylation sites is 1. The maximum Gasteiger partial charge on any atom is 0.317 e. The molecule has 3 N–H and O–H groups in total. The summed E-state index contributed by atoms with van der Waals surface area (Å²) in [5.41, 5.74) is 2.75. The first-order chi connectivity index (χ1) is 16.1. The van der Waals surface area contributed by atoms with Gasteiger partial charge in [0.25, 0.3) is 12.9 Å². The molecule has 3 heterocycles. The lowest BCUT2D eigenvalue weighted by molar-refractivity contribution is -0.123. The normalized spacial score (nSPS) is 16.8. The van der Waals surface area contributed by atoms with Crippen molar-refractivity contribution in [1.82, 2.24) is 19.8 Å². The zero-order chi connectivity index (χ0) is 23.9. The number of carbonyl (C=O) groups excluding carboxylic acids is 1. The summed E-state index contributed by atoms with van der Waals surface area (Å²) in [6.07, 6.45) is 10.3. The predicted octanol–water partition coefficient (Wildman–Crippen LogP) is 2.16. The van der Waals surface area contributed by atoms with Crippen LogP contribution in [0, 0.1) is 5.92 Å². The first-order valence-electron chi connectivity index (χ1n) is 11.1. The molecule has 2 aromatic rings. The second-order valence-corrected chi connectivity index (χ2v) is 7.88. The van der Waals surface area contributed by atoms with Crippen LogP contribution in [-0.2, 0) is 22.6 Å². The third-order valence-corrected chi connectivity index (χ3v) is 5.70. The fourth-order valence-corrected chi connectivity index (χ4v) is 4.34. The van der Waals surface area contributed by atoms with Crippen molar-refractivity contribution in [3.05, 3.63) is 48.5 Å². The molecule has 180 valence electrons. The molecule has 0 bridgehead atoms. The second-order valence-electron chi connectivity index (χ2n) is 7.88. The van der Waals surface area contributed by atoms with Crippen LogP contribution in [0.4, 0.5) is 10.5 Å². The Balaban J connectivity index is 0.000000582. The third kappa shape index (κ3) is 8.47. The van der Waals surface area contributed by atoms with Gasteiger partial charge in [0.1, 0.15) is 0 Å². The van der Waals surface area contributed by atoms with Crippen LogP contribution in [0.2, 0.25) is 0 Å². The van der Waals surface area contributed by atoms with Gasteiger partial charge < -0.3 is 29.9 Å². The van der Waals surface area contributed by atoms with Crippen molar-refractivity contribution in [2.75, 3.05) is 37.6 Å². The summed E-state index contributed by atoms with van der Waals surface area (Å²) in [5, 5.41) is 16.9. The second kappa shape index (κ2) is 14.5. The van der Waals surface area contributed by atoms with Crippen molar-refractivity contribution in [3.63, 3.8) is 0 Å². The van der Waals surface area contributed by atoms with E-state index in [1.807, 2.05) is 23.6 Å². The zero-order valence-corrected chi connectivity index (χ0v) is 18.8. The summed E-state index contributed by atoms with van der Waals surface area (Å²) in [5.74, 6) is 0.507. The van der Waals surface area contributed by atoms with E-state index in [0.29, 0.717) is 12.5 Å². The van der Waals surface area contributed by atoms with E-state index >= 15 is 0 Å². The van der Waals surface area contributed by atoms with Crippen molar-refractivity contribution >= 4 is 24.7 Å². The number of fused-ring (bicyclic) bond motifs is 1. The van der Waals surface area contributed by atoms with Gasteiger partial charge in [-0.2, -0.15) is 0 Å². The first-order valence-corrected chi connectivity index (χ1v) is 11.1. The largest absolute Gasteiger partial charge is 0.483 e. The number of aryl methyl sites for hydroxylation is 1. The minimum atomic E-state index is -0.250. The van der Waals surface area contributed by atoms with Gasteiger partial charge >= 0.3 is 6.03 Å². The van der Waals surface area contributed by atoms with Crippen molar-refractivity contribution < 1.29 is 24.6 Å². The Labute approximate surface area is 193 Å². The van der Waals surface area contributed by atoms with Crippen molar-refractivity contribution in [1.29, 1.82) is 0 Å². The van der Waals surface area contributed by atoms with Crippen LogP contribution in [0.25, 0.3) is 0 Å². The predicted molar refractivity (Wildman–Crippen MR) is 124 cm³/mol. The highest BCUT2D eigenvalue weighted by molar-refractivity contribution is 5.74. The van der Waals surface area contributed by atoms with Crippen LogP contribution in [0.3, 0.4) is 0 Å². The van der Waals surface area contributed by atoms with Crippen LogP contribution in [-0.4, -0.2) is 76.4 Å². The fourth-order valence-electron chi connectivity index (χ4n) is 4.34. The Morgan fingerprint density at radius 3 is 2.64 bits per heavy atom. The third-order valence-electron chi connectivity index (χ3n) is 5.70. The van der Waals surface area contributed by atoms with E-state index in [9.17, 15) is 4.79 Å². The number of hydrogen-bond donors (Lipinski definition) is 3. The van der Waals surface area contributed by atoms with Crippen LogP contribution in [0.1, 0.15) is 24.8 Å². The first kappa shape index (κ1) is 25.7. The highest BCUT2D eigenvalue weighted by Gasteiger charge is 2.24. The van der Waals surface area contributed by atoms with Gasteiger partial charge in [-0.1, -0.05) is 18.2 Å². The molecular weight excluding hydrogens is 426 g/mol. The molecule has 4 rings (SSSR count). The van der Waals surface area contributed by atoms with Gasteiger partial charge in [-0.05, 0) is 43.2 Å². The molecule has 1 atom stereocenters. The Hall–Kier alpha value is -3.56. The zero-order valence-electron chi connectivity index (χ0n) is 18.8. The van der Waals surface area contributed by atoms with Gasteiger partial charge in [-0.15, -0.1) is 0 Å². The maximum absolute atomic E-state index is 12.6. The van der Waals surface area contributed by atoms with Crippen LogP contribution < -0.4 is 10.2 Å². The number of nitrogens with zero attached hydrogens (tertiary/aromatic N) is 4. The van der Waals surface area contributed by atoms with E-state index in [1.54, 1.807) is 0 Å². The van der Waals surface area contributed by atoms with Crippen molar-refractivity contribution in [3.8, 4) is 0 Å². The summed E-state index contributed by atoms with van der Waals surface area (Å²) in [7, 11) is 0. The SMILES string of the molecule is O=C(NCCN1CCCc2ccccc21)N1CCCC(Cn2ccnc2)C1.O=CO.O=CO. The van der Waals surface area contributed by atoms with Crippen LogP contribution in [0.5, 0.6) is 0 Å². The van der Waals surface area contributed by atoms with Gasteiger partial charge in [-0.3, -0.25) is 9.59 Å². The number of rotatable bonds is 5. The number of anilines is 1. The molecule has 0 spiro atoms. The lowest BCUT2D eigenvalue weighted by Crippen LogP contribution is -2.48. The number of carbonyl (C=O) groups is 3. The van der Waals surface area contributed by atoms with E-state index in [1.165, 1.54) is 24.1 Å².